The van der Waals surface area contributed by atoms with Gasteiger partial charge in [-0.15, -0.1) is 10.2 Å². The summed E-state index contributed by atoms with van der Waals surface area (Å²) in [5.41, 5.74) is 3.52. The molecule has 0 aliphatic carbocycles. The van der Waals surface area contributed by atoms with Crippen molar-refractivity contribution in [2.75, 3.05) is 12.4 Å². The van der Waals surface area contributed by atoms with E-state index in [2.05, 4.69) is 63.3 Å². The highest BCUT2D eigenvalue weighted by Crippen LogP contribution is 2.26. The van der Waals surface area contributed by atoms with Crippen LogP contribution in [0.3, 0.4) is 0 Å². The number of ether oxygens (including phenoxy) is 1. The quantitative estimate of drug-likeness (QED) is 0.355. The molecule has 5 nitrogen and oxygen atoms in total. The molecule has 2 aromatic carbocycles. The second-order valence-corrected chi connectivity index (χ2v) is 7.28. The van der Waals surface area contributed by atoms with Gasteiger partial charge in [0.25, 0.3) is 0 Å². The Kier molecular flexibility index (Phi) is 4.84. The van der Waals surface area contributed by atoms with E-state index in [1.165, 1.54) is 5.52 Å². The number of imidazole rings is 1. The van der Waals surface area contributed by atoms with Crippen LogP contribution in [0.25, 0.3) is 16.8 Å². The first-order valence-electron chi connectivity index (χ1n) is 8.93. The molecule has 4 rings (SSSR count). The van der Waals surface area contributed by atoms with E-state index in [4.69, 9.17) is 4.74 Å². The maximum Gasteiger partial charge on any atom is 0.237 e. The number of benzene rings is 2. The molecule has 0 unspecified atom stereocenters. The Morgan fingerprint density at radius 3 is 2.58 bits per heavy atom. The van der Waals surface area contributed by atoms with Crippen LogP contribution in [0.15, 0.2) is 53.7 Å². The summed E-state index contributed by atoms with van der Waals surface area (Å²) in [4.78, 5) is 0. The number of aromatic nitrogens is 4. The highest BCUT2D eigenvalue weighted by Gasteiger charge is 2.16. The average molecular weight is 366 g/mol. The molecule has 0 aliphatic heterocycles. The Bertz CT molecular complexity index is 1040. The van der Waals surface area contributed by atoms with Crippen molar-refractivity contribution in [3.05, 3.63) is 54.1 Å². The van der Waals surface area contributed by atoms with Crippen LogP contribution in [-0.2, 0) is 6.54 Å². The molecule has 2 aromatic heterocycles. The fourth-order valence-corrected chi connectivity index (χ4v) is 3.93. The highest BCUT2D eigenvalue weighted by atomic mass is 32.2. The van der Waals surface area contributed by atoms with Crippen LogP contribution in [0.4, 0.5) is 0 Å². The number of fused-ring (bicyclic) bond motifs is 3. The van der Waals surface area contributed by atoms with E-state index < -0.39 is 0 Å². The molecule has 0 saturated carbocycles. The van der Waals surface area contributed by atoms with Crippen LogP contribution in [0.1, 0.15) is 18.9 Å². The summed E-state index contributed by atoms with van der Waals surface area (Å²) < 4.78 is 10.3. The van der Waals surface area contributed by atoms with Crippen LogP contribution in [-0.4, -0.2) is 31.5 Å². The summed E-state index contributed by atoms with van der Waals surface area (Å²) in [5.74, 6) is 2.68. The van der Waals surface area contributed by atoms with Crippen molar-refractivity contribution >= 4 is 28.6 Å². The van der Waals surface area contributed by atoms with Crippen molar-refractivity contribution < 1.29 is 4.74 Å². The Labute approximate surface area is 157 Å². The molecule has 0 N–H and O–H groups in total. The number of thioether (sulfide) groups is 1. The molecule has 0 atom stereocenters. The van der Waals surface area contributed by atoms with Gasteiger partial charge in [-0.3, -0.25) is 4.40 Å². The Morgan fingerprint density at radius 1 is 1.00 bits per heavy atom. The van der Waals surface area contributed by atoms with E-state index in [1.807, 2.05) is 18.2 Å². The first-order chi connectivity index (χ1) is 12.8. The second-order valence-electron chi connectivity index (χ2n) is 6.22. The Hall–Kier alpha value is -2.47. The van der Waals surface area contributed by atoms with Gasteiger partial charge in [0, 0.05) is 12.3 Å². The Balaban J connectivity index is 1.54. The van der Waals surface area contributed by atoms with Gasteiger partial charge in [-0.05, 0) is 37.1 Å². The van der Waals surface area contributed by atoms with Crippen molar-refractivity contribution in [2.24, 2.45) is 0 Å². The lowest BCUT2D eigenvalue weighted by Gasteiger charge is -2.07. The molecule has 0 aliphatic rings. The molecule has 26 heavy (non-hydrogen) atoms. The van der Waals surface area contributed by atoms with Crippen LogP contribution >= 0.6 is 11.8 Å². The normalized spacial score (nSPS) is 11.5. The zero-order valence-electron chi connectivity index (χ0n) is 15.1. The highest BCUT2D eigenvalue weighted by molar-refractivity contribution is 7.99. The second kappa shape index (κ2) is 7.41. The maximum atomic E-state index is 5.89. The molecular weight excluding hydrogens is 344 g/mol. The van der Waals surface area contributed by atoms with Crippen molar-refractivity contribution in [1.82, 2.24) is 19.2 Å². The number of para-hydroxylation sites is 3. The third kappa shape index (κ3) is 3.05. The molecule has 0 radical (unpaired) electrons. The first-order valence-corrected chi connectivity index (χ1v) is 9.91. The number of hydrogen-bond donors (Lipinski definition) is 0. The molecule has 134 valence electrons. The van der Waals surface area contributed by atoms with E-state index in [9.17, 15) is 0 Å². The lowest BCUT2D eigenvalue weighted by Crippen LogP contribution is -2.02. The third-order valence-corrected chi connectivity index (χ3v) is 5.28. The zero-order valence-corrected chi connectivity index (χ0v) is 15.9. The summed E-state index contributed by atoms with van der Waals surface area (Å²) in [6, 6.07) is 16.5. The topological polar surface area (TPSA) is 44.4 Å². The largest absolute Gasteiger partial charge is 0.492 e. The number of hydrogen-bond acceptors (Lipinski definition) is 4. The fraction of sp³-hybridized carbons (Fsp3) is 0.300. The van der Waals surface area contributed by atoms with Gasteiger partial charge in [0.2, 0.25) is 5.78 Å². The molecular formula is C20H22N4OS. The van der Waals surface area contributed by atoms with Crippen molar-refractivity contribution in [3.8, 4) is 5.75 Å². The minimum absolute atomic E-state index is 0.637. The first kappa shape index (κ1) is 17.0. The van der Waals surface area contributed by atoms with E-state index in [1.54, 1.807) is 11.8 Å². The van der Waals surface area contributed by atoms with Gasteiger partial charge in [0.15, 0.2) is 5.16 Å². The van der Waals surface area contributed by atoms with Crippen LogP contribution in [0.5, 0.6) is 5.75 Å². The van der Waals surface area contributed by atoms with Crippen LogP contribution in [0.2, 0.25) is 0 Å². The van der Waals surface area contributed by atoms with Gasteiger partial charge in [-0.1, -0.05) is 49.0 Å². The number of rotatable bonds is 7. The standard InChI is InChI=1S/C20H22N4OS/c1-3-12-23-16-9-5-6-10-17(16)24-19(23)21-22-20(24)26-14-13-25-18-11-7-4-8-15(18)2/h4-11H,3,12-14H2,1-2H3. The summed E-state index contributed by atoms with van der Waals surface area (Å²) in [5, 5.41) is 9.77. The SMILES string of the molecule is CCCn1c2ccccc2n2c(SCCOc3ccccc3C)nnc12. The van der Waals surface area contributed by atoms with Crippen LogP contribution in [0, 0.1) is 6.92 Å². The monoisotopic (exact) mass is 366 g/mol. The molecule has 0 spiro atoms. The molecule has 4 aromatic rings. The van der Waals surface area contributed by atoms with Gasteiger partial charge in [-0.25, -0.2) is 0 Å². The van der Waals surface area contributed by atoms with Gasteiger partial charge in [0.1, 0.15) is 5.75 Å². The van der Waals surface area contributed by atoms with Crippen LogP contribution < -0.4 is 4.74 Å². The smallest absolute Gasteiger partial charge is 0.237 e. The number of nitrogens with zero attached hydrogens (tertiary/aromatic N) is 4. The van der Waals surface area contributed by atoms with Crippen molar-refractivity contribution in [1.29, 1.82) is 0 Å². The van der Waals surface area contributed by atoms with Gasteiger partial charge < -0.3 is 9.30 Å². The predicted octanol–water partition coefficient (Wildman–Crippen LogP) is 4.57. The molecule has 2 heterocycles. The van der Waals surface area contributed by atoms with Gasteiger partial charge in [-0.2, -0.15) is 0 Å². The molecule has 0 fully saturated rings. The van der Waals surface area contributed by atoms with E-state index in [0.29, 0.717) is 6.61 Å². The van der Waals surface area contributed by atoms with E-state index in [0.717, 1.165) is 46.5 Å². The molecule has 0 bridgehead atoms. The zero-order chi connectivity index (χ0) is 17.9. The summed E-state index contributed by atoms with van der Waals surface area (Å²) >= 11 is 1.68. The molecule has 6 heteroatoms. The third-order valence-electron chi connectivity index (χ3n) is 4.38. The van der Waals surface area contributed by atoms with E-state index >= 15 is 0 Å². The lowest BCUT2D eigenvalue weighted by atomic mass is 10.2. The minimum Gasteiger partial charge on any atom is -0.492 e. The summed E-state index contributed by atoms with van der Waals surface area (Å²) in [6.07, 6.45) is 1.06. The Morgan fingerprint density at radius 2 is 1.77 bits per heavy atom. The van der Waals surface area contributed by atoms with Gasteiger partial charge >= 0.3 is 0 Å². The van der Waals surface area contributed by atoms with E-state index in [-0.39, 0.29) is 0 Å². The number of aryl methyl sites for hydroxylation is 2. The average Bonchev–Trinajstić information content (AvgIpc) is 3.20. The fourth-order valence-electron chi connectivity index (χ4n) is 3.18. The van der Waals surface area contributed by atoms with Crippen molar-refractivity contribution in [2.45, 2.75) is 32.0 Å². The lowest BCUT2D eigenvalue weighted by molar-refractivity contribution is 0.341. The molecule has 0 amide bonds. The van der Waals surface area contributed by atoms with Crippen molar-refractivity contribution in [3.63, 3.8) is 0 Å². The minimum atomic E-state index is 0.637. The summed E-state index contributed by atoms with van der Waals surface area (Å²) in [6.45, 7) is 5.82. The van der Waals surface area contributed by atoms with Gasteiger partial charge in [0.05, 0.1) is 17.6 Å². The summed E-state index contributed by atoms with van der Waals surface area (Å²) in [7, 11) is 0. The maximum absolute atomic E-state index is 5.89. The molecule has 0 saturated heterocycles. The predicted molar refractivity (Wildman–Crippen MR) is 106 cm³/mol.